The summed E-state index contributed by atoms with van der Waals surface area (Å²) < 4.78 is 11.0. The molecule has 28 heavy (non-hydrogen) atoms. The van der Waals surface area contributed by atoms with Gasteiger partial charge in [-0.1, -0.05) is 42.5 Å². The average Bonchev–Trinajstić information content (AvgIpc) is 3.48. The summed E-state index contributed by atoms with van der Waals surface area (Å²) in [6.07, 6.45) is 4.86. The second-order valence-corrected chi connectivity index (χ2v) is 7.14. The number of benzene rings is 2. The smallest absolute Gasteiger partial charge is 0.221 e. The normalized spacial score (nSPS) is 14.5. The van der Waals surface area contributed by atoms with Crippen molar-refractivity contribution in [3.05, 3.63) is 72.2 Å². The first-order valence-electron chi connectivity index (χ1n) is 9.66. The summed E-state index contributed by atoms with van der Waals surface area (Å²) in [6, 6.07) is 17.8. The van der Waals surface area contributed by atoms with Gasteiger partial charge in [-0.05, 0) is 36.5 Å². The van der Waals surface area contributed by atoms with Crippen LogP contribution in [-0.2, 0) is 11.2 Å². The van der Waals surface area contributed by atoms with Gasteiger partial charge < -0.3 is 14.5 Å². The highest BCUT2D eigenvalue weighted by atomic mass is 16.5. The molecule has 0 aliphatic heterocycles. The number of hydrogen-bond donors (Lipinski definition) is 1. The van der Waals surface area contributed by atoms with Gasteiger partial charge in [0.1, 0.15) is 5.75 Å². The van der Waals surface area contributed by atoms with Crippen molar-refractivity contribution in [3.8, 4) is 17.1 Å². The van der Waals surface area contributed by atoms with E-state index in [0.717, 1.165) is 35.5 Å². The van der Waals surface area contributed by atoms with Gasteiger partial charge in [-0.2, -0.15) is 0 Å². The predicted octanol–water partition coefficient (Wildman–Crippen LogP) is 4.55. The molecule has 1 saturated carbocycles. The fourth-order valence-electron chi connectivity index (χ4n) is 3.34. The van der Waals surface area contributed by atoms with Crippen LogP contribution in [0.1, 0.15) is 36.8 Å². The number of oxazole rings is 1. The summed E-state index contributed by atoms with van der Waals surface area (Å²) >= 11 is 0. The molecule has 0 radical (unpaired) electrons. The summed E-state index contributed by atoms with van der Waals surface area (Å²) in [4.78, 5) is 16.8. The van der Waals surface area contributed by atoms with Crippen LogP contribution >= 0.6 is 0 Å². The van der Waals surface area contributed by atoms with Gasteiger partial charge in [0.25, 0.3) is 0 Å². The SMILES string of the molecule is COc1ccc(C(NC(=O)CCc2ncc(-c3ccccc3)o2)C2CC2)cc1. The maximum absolute atomic E-state index is 12.5. The van der Waals surface area contributed by atoms with Gasteiger partial charge in [-0.15, -0.1) is 0 Å². The van der Waals surface area contributed by atoms with Gasteiger partial charge in [0.15, 0.2) is 11.7 Å². The van der Waals surface area contributed by atoms with Crippen LogP contribution in [0.5, 0.6) is 5.75 Å². The Morgan fingerprint density at radius 1 is 1.18 bits per heavy atom. The largest absolute Gasteiger partial charge is 0.497 e. The maximum Gasteiger partial charge on any atom is 0.221 e. The van der Waals surface area contributed by atoms with Crippen molar-refractivity contribution in [2.45, 2.75) is 31.7 Å². The topological polar surface area (TPSA) is 64.4 Å². The van der Waals surface area contributed by atoms with Crippen LogP contribution in [0.3, 0.4) is 0 Å². The van der Waals surface area contributed by atoms with Crippen LogP contribution in [0, 0.1) is 5.92 Å². The van der Waals surface area contributed by atoms with E-state index in [0.29, 0.717) is 24.7 Å². The molecule has 144 valence electrons. The van der Waals surface area contributed by atoms with Crippen molar-refractivity contribution in [1.82, 2.24) is 10.3 Å². The fourth-order valence-corrected chi connectivity index (χ4v) is 3.34. The van der Waals surface area contributed by atoms with Crippen molar-refractivity contribution in [1.29, 1.82) is 0 Å². The Bertz CT molecular complexity index is 915. The predicted molar refractivity (Wildman–Crippen MR) is 107 cm³/mol. The fraction of sp³-hybridized carbons (Fsp3) is 0.304. The van der Waals surface area contributed by atoms with E-state index in [4.69, 9.17) is 9.15 Å². The molecule has 3 aromatic rings. The second-order valence-electron chi connectivity index (χ2n) is 7.14. The Balaban J connectivity index is 1.35. The number of ether oxygens (including phenoxy) is 1. The molecular formula is C23H24N2O3. The molecule has 0 saturated heterocycles. The molecule has 4 rings (SSSR count). The van der Waals surface area contributed by atoms with E-state index in [2.05, 4.69) is 10.3 Å². The summed E-state index contributed by atoms with van der Waals surface area (Å²) in [5.41, 5.74) is 2.11. The Kier molecular flexibility index (Phi) is 5.42. The molecule has 1 aliphatic carbocycles. The Labute approximate surface area is 164 Å². The zero-order valence-electron chi connectivity index (χ0n) is 15.9. The minimum Gasteiger partial charge on any atom is -0.497 e. The third-order valence-corrected chi connectivity index (χ3v) is 5.06. The molecule has 1 atom stereocenters. The van der Waals surface area contributed by atoms with Crippen LogP contribution in [0.2, 0.25) is 0 Å². The van der Waals surface area contributed by atoms with E-state index < -0.39 is 0 Å². The number of hydrogen-bond acceptors (Lipinski definition) is 4. The number of methoxy groups -OCH3 is 1. The minimum absolute atomic E-state index is 0.0205. The zero-order valence-corrected chi connectivity index (χ0v) is 15.9. The monoisotopic (exact) mass is 376 g/mol. The summed E-state index contributed by atoms with van der Waals surface area (Å²) in [6.45, 7) is 0. The van der Waals surface area contributed by atoms with Crippen LogP contribution in [0.25, 0.3) is 11.3 Å². The van der Waals surface area contributed by atoms with Gasteiger partial charge in [0.2, 0.25) is 5.91 Å². The lowest BCUT2D eigenvalue weighted by molar-refractivity contribution is -0.122. The van der Waals surface area contributed by atoms with Crippen molar-refractivity contribution in [3.63, 3.8) is 0 Å². The number of rotatable bonds is 8. The van der Waals surface area contributed by atoms with Crippen molar-refractivity contribution in [2.75, 3.05) is 7.11 Å². The number of aromatic nitrogens is 1. The maximum atomic E-state index is 12.5. The molecule has 1 aromatic heterocycles. The van der Waals surface area contributed by atoms with E-state index in [1.54, 1.807) is 13.3 Å². The molecule has 0 bridgehead atoms. The first kappa shape index (κ1) is 18.3. The van der Waals surface area contributed by atoms with Crippen LogP contribution < -0.4 is 10.1 Å². The van der Waals surface area contributed by atoms with Gasteiger partial charge in [-0.25, -0.2) is 4.98 Å². The van der Waals surface area contributed by atoms with Gasteiger partial charge in [-0.3, -0.25) is 4.79 Å². The van der Waals surface area contributed by atoms with Gasteiger partial charge in [0, 0.05) is 18.4 Å². The van der Waals surface area contributed by atoms with E-state index in [9.17, 15) is 4.79 Å². The lowest BCUT2D eigenvalue weighted by atomic mass is 10.0. The standard InChI is InChI=1S/C23H24N2O3/c1-27-19-11-9-18(10-12-19)23(17-7-8-17)25-21(26)13-14-22-24-15-20(28-22)16-5-3-2-4-6-16/h2-6,9-12,15,17,23H,7-8,13-14H2,1H3,(H,25,26). The Hall–Kier alpha value is -3.08. The van der Waals surface area contributed by atoms with E-state index in [1.807, 2.05) is 54.6 Å². The Morgan fingerprint density at radius 2 is 1.93 bits per heavy atom. The number of nitrogens with zero attached hydrogens (tertiary/aromatic N) is 1. The number of aryl methyl sites for hydroxylation is 1. The first-order chi connectivity index (χ1) is 13.7. The first-order valence-corrected chi connectivity index (χ1v) is 9.66. The summed E-state index contributed by atoms with van der Waals surface area (Å²) in [5.74, 6) is 2.67. The lowest BCUT2D eigenvalue weighted by Crippen LogP contribution is -2.30. The van der Waals surface area contributed by atoms with Crippen LogP contribution in [-0.4, -0.2) is 18.0 Å². The third kappa shape index (κ3) is 4.42. The molecule has 1 unspecified atom stereocenters. The Morgan fingerprint density at radius 3 is 2.61 bits per heavy atom. The molecular weight excluding hydrogens is 352 g/mol. The quantitative estimate of drug-likeness (QED) is 0.626. The van der Waals surface area contributed by atoms with E-state index in [1.165, 1.54) is 0 Å². The molecule has 1 N–H and O–H groups in total. The van der Waals surface area contributed by atoms with Gasteiger partial charge >= 0.3 is 0 Å². The van der Waals surface area contributed by atoms with E-state index >= 15 is 0 Å². The number of carbonyl (C=O) groups excluding carboxylic acids is 1. The molecule has 1 amide bonds. The highest BCUT2D eigenvalue weighted by molar-refractivity contribution is 5.76. The molecule has 1 aliphatic rings. The molecule has 1 fully saturated rings. The van der Waals surface area contributed by atoms with E-state index in [-0.39, 0.29) is 11.9 Å². The number of nitrogens with one attached hydrogen (secondary N) is 1. The third-order valence-electron chi connectivity index (χ3n) is 5.06. The molecule has 5 nitrogen and oxygen atoms in total. The van der Waals surface area contributed by atoms with Crippen molar-refractivity contribution in [2.24, 2.45) is 5.92 Å². The highest BCUT2D eigenvalue weighted by Crippen LogP contribution is 2.41. The number of carbonyl (C=O) groups is 1. The summed E-state index contributed by atoms with van der Waals surface area (Å²) in [7, 11) is 1.65. The van der Waals surface area contributed by atoms with Gasteiger partial charge in [0.05, 0.1) is 19.3 Å². The molecule has 5 heteroatoms. The lowest BCUT2D eigenvalue weighted by Gasteiger charge is -2.19. The van der Waals surface area contributed by atoms with Crippen LogP contribution in [0.15, 0.2) is 65.2 Å². The zero-order chi connectivity index (χ0) is 19.3. The summed E-state index contributed by atoms with van der Waals surface area (Å²) in [5, 5.41) is 3.19. The number of amides is 1. The van der Waals surface area contributed by atoms with Crippen molar-refractivity contribution < 1.29 is 13.9 Å². The molecule has 2 aromatic carbocycles. The van der Waals surface area contributed by atoms with Crippen molar-refractivity contribution >= 4 is 5.91 Å². The highest BCUT2D eigenvalue weighted by Gasteiger charge is 2.33. The second kappa shape index (κ2) is 8.30. The molecule has 1 heterocycles. The average molecular weight is 376 g/mol. The molecule has 0 spiro atoms. The van der Waals surface area contributed by atoms with Crippen LogP contribution in [0.4, 0.5) is 0 Å². The minimum atomic E-state index is 0.0205.